The summed E-state index contributed by atoms with van der Waals surface area (Å²) in [5.74, 6) is 1.04. The number of nitrogens with one attached hydrogen (secondary N) is 1. The number of methoxy groups -OCH3 is 1. The van der Waals surface area contributed by atoms with Crippen molar-refractivity contribution in [2.24, 2.45) is 0 Å². The van der Waals surface area contributed by atoms with Gasteiger partial charge < -0.3 is 14.3 Å². The van der Waals surface area contributed by atoms with Gasteiger partial charge in [0.15, 0.2) is 5.82 Å². The number of aryl methyl sites for hydroxylation is 1. The van der Waals surface area contributed by atoms with Gasteiger partial charge in [0.2, 0.25) is 5.88 Å². The highest BCUT2D eigenvalue weighted by Gasteiger charge is 2.17. The Bertz CT molecular complexity index is 1090. The number of hydrogen-bond donors (Lipinski definition) is 1. The van der Waals surface area contributed by atoms with E-state index in [0.717, 1.165) is 27.9 Å². The van der Waals surface area contributed by atoms with Crippen LogP contribution in [0.5, 0.6) is 5.88 Å². The van der Waals surface area contributed by atoms with E-state index in [4.69, 9.17) is 4.74 Å². The third-order valence-corrected chi connectivity index (χ3v) is 4.47. The van der Waals surface area contributed by atoms with Crippen LogP contribution >= 0.6 is 0 Å². The minimum atomic E-state index is -0.314. The lowest BCUT2D eigenvalue weighted by molar-refractivity contribution is 0.399. The van der Waals surface area contributed by atoms with Gasteiger partial charge in [0.1, 0.15) is 17.0 Å². The molecule has 1 aromatic carbocycles. The van der Waals surface area contributed by atoms with Crippen LogP contribution in [0.4, 0.5) is 4.39 Å². The van der Waals surface area contributed by atoms with Gasteiger partial charge in [-0.25, -0.2) is 9.37 Å². The molecular weight excluding hydrogens is 319 g/mol. The molecule has 5 nitrogen and oxygen atoms in total. The van der Waals surface area contributed by atoms with Gasteiger partial charge in [0.05, 0.1) is 12.6 Å². The molecule has 4 aromatic rings. The predicted molar refractivity (Wildman–Crippen MR) is 96.5 cm³/mol. The Morgan fingerprint density at radius 3 is 2.72 bits per heavy atom. The number of hydrogen-bond acceptors (Lipinski definition) is 3. The first kappa shape index (κ1) is 15.6. The summed E-state index contributed by atoms with van der Waals surface area (Å²) in [7, 11) is 1.58. The molecular formula is C19H19FN4O. The van der Waals surface area contributed by atoms with Crippen LogP contribution in [0.15, 0.2) is 30.5 Å². The van der Waals surface area contributed by atoms with E-state index in [1.54, 1.807) is 13.2 Å². The maximum Gasteiger partial charge on any atom is 0.214 e. The zero-order valence-electron chi connectivity index (χ0n) is 14.6. The Balaban J connectivity index is 1.97. The highest BCUT2D eigenvalue weighted by Crippen LogP contribution is 2.33. The maximum atomic E-state index is 14.7. The molecule has 0 amide bonds. The molecule has 4 rings (SSSR count). The summed E-state index contributed by atoms with van der Waals surface area (Å²) < 4.78 is 21.9. The normalized spacial score (nSPS) is 11.8. The maximum absolute atomic E-state index is 14.7. The molecule has 0 fully saturated rings. The third-order valence-electron chi connectivity index (χ3n) is 4.47. The molecule has 0 aliphatic heterocycles. The molecule has 0 aliphatic rings. The fraction of sp³-hybridized carbons (Fsp3) is 0.263. The minimum Gasteiger partial charge on any atom is -0.481 e. The predicted octanol–water partition coefficient (Wildman–Crippen LogP) is 4.62. The number of aromatic amines is 1. The highest BCUT2D eigenvalue weighted by molar-refractivity contribution is 5.96. The SMILES string of the molecule is COc1ccc2c(-c3cc(F)c4nc(C)n(C(C)C)c4c3)c[nH]c2n1. The van der Waals surface area contributed by atoms with Gasteiger partial charge in [-0.2, -0.15) is 4.98 Å². The zero-order valence-corrected chi connectivity index (χ0v) is 14.6. The molecule has 6 heteroatoms. The number of rotatable bonds is 3. The molecule has 3 heterocycles. The number of imidazole rings is 1. The van der Waals surface area contributed by atoms with Gasteiger partial charge >= 0.3 is 0 Å². The molecule has 25 heavy (non-hydrogen) atoms. The summed E-state index contributed by atoms with van der Waals surface area (Å²) in [5, 5.41) is 0.923. The van der Waals surface area contributed by atoms with E-state index in [2.05, 4.69) is 33.4 Å². The van der Waals surface area contributed by atoms with Gasteiger partial charge in [-0.3, -0.25) is 0 Å². The second-order valence-corrected chi connectivity index (χ2v) is 6.40. The van der Waals surface area contributed by atoms with Crippen LogP contribution in [0.1, 0.15) is 25.7 Å². The van der Waals surface area contributed by atoms with Crippen LogP contribution < -0.4 is 4.74 Å². The zero-order chi connectivity index (χ0) is 17.7. The summed E-state index contributed by atoms with van der Waals surface area (Å²) in [6.07, 6.45) is 1.85. The highest BCUT2D eigenvalue weighted by atomic mass is 19.1. The molecule has 0 bridgehead atoms. The van der Waals surface area contributed by atoms with Crippen LogP contribution in [0.25, 0.3) is 33.2 Å². The van der Waals surface area contributed by atoms with Crippen molar-refractivity contribution in [1.82, 2.24) is 19.5 Å². The quantitative estimate of drug-likeness (QED) is 0.593. The van der Waals surface area contributed by atoms with E-state index in [1.165, 1.54) is 6.07 Å². The average molecular weight is 338 g/mol. The number of ether oxygens (including phenoxy) is 1. The summed E-state index contributed by atoms with van der Waals surface area (Å²) in [6, 6.07) is 7.46. The summed E-state index contributed by atoms with van der Waals surface area (Å²) in [5.41, 5.74) is 3.63. The number of H-pyrrole nitrogens is 1. The van der Waals surface area contributed by atoms with E-state index in [1.807, 2.05) is 25.3 Å². The molecule has 128 valence electrons. The number of halogens is 1. The van der Waals surface area contributed by atoms with Crippen LogP contribution in [-0.2, 0) is 0 Å². The summed E-state index contributed by atoms with van der Waals surface area (Å²) in [4.78, 5) is 11.9. The first-order valence-electron chi connectivity index (χ1n) is 8.20. The topological polar surface area (TPSA) is 55.7 Å². The van der Waals surface area contributed by atoms with Gasteiger partial charge in [0, 0.05) is 29.3 Å². The molecule has 3 aromatic heterocycles. The molecule has 0 aliphatic carbocycles. The lowest BCUT2D eigenvalue weighted by Crippen LogP contribution is -2.02. The van der Waals surface area contributed by atoms with Crippen molar-refractivity contribution in [2.75, 3.05) is 7.11 Å². The standard InChI is InChI=1S/C19H19FN4O/c1-10(2)24-11(3)22-18-15(20)7-12(8-16(18)24)14-9-21-19-13(14)5-6-17(23-19)25-4/h5-10H,1-4H3,(H,21,23). The van der Waals surface area contributed by atoms with E-state index in [0.29, 0.717) is 17.0 Å². The second kappa shape index (κ2) is 5.58. The van der Waals surface area contributed by atoms with Gasteiger partial charge in [-0.05, 0) is 44.5 Å². The van der Waals surface area contributed by atoms with Crippen LogP contribution in [0.2, 0.25) is 0 Å². The lowest BCUT2D eigenvalue weighted by atomic mass is 10.0. The smallest absolute Gasteiger partial charge is 0.214 e. The van der Waals surface area contributed by atoms with Crippen LogP contribution in [-0.4, -0.2) is 26.6 Å². The van der Waals surface area contributed by atoms with Gasteiger partial charge in [-0.1, -0.05) is 0 Å². The monoisotopic (exact) mass is 338 g/mol. The fourth-order valence-corrected chi connectivity index (χ4v) is 3.42. The minimum absolute atomic E-state index is 0.202. The molecule has 0 saturated heterocycles. The Hall–Kier alpha value is -2.89. The molecule has 0 atom stereocenters. The van der Waals surface area contributed by atoms with Crippen molar-refractivity contribution in [3.05, 3.63) is 42.1 Å². The number of benzene rings is 1. The molecule has 0 spiro atoms. The summed E-state index contributed by atoms with van der Waals surface area (Å²) >= 11 is 0. The first-order chi connectivity index (χ1) is 12.0. The Morgan fingerprint density at radius 1 is 1.20 bits per heavy atom. The Morgan fingerprint density at radius 2 is 2.00 bits per heavy atom. The average Bonchev–Trinajstić information content (AvgIpc) is 3.14. The van der Waals surface area contributed by atoms with Crippen molar-refractivity contribution in [1.29, 1.82) is 0 Å². The van der Waals surface area contributed by atoms with Crippen molar-refractivity contribution in [3.8, 4) is 17.0 Å². The van der Waals surface area contributed by atoms with E-state index >= 15 is 0 Å². The second-order valence-electron chi connectivity index (χ2n) is 6.40. The largest absolute Gasteiger partial charge is 0.481 e. The van der Waals surface area contributed by atoms with Crippen molar-refractivity contribution in [3.63, 3.8) is 0 Å². The van der Waals surface area contributed by atoms with E-state index in [-0.39, 0.29) is 11.9 Å². The Kier molecular flexibility index (Phi) is 3.49. The first-order valence-corrected chi connectivity index (χ1v) is 8.20. The van der Waals surface area contributed by atoms with Crippen LogP contribution in [0.3, 0.4) is 0 Å². The molecule has 0 unspecified atom stereocenters. The van der Waals surface area contributed by atoms with Crippen molar-refractivity contribution in [2.45, 2.75) is 26.8 Å². The Labute approximate surface area is 144 Å². The molecule has 0 radical (unpaired) electrons. The number of aromatic nitrogens is 4. The van der Waals surface area contributed by atoms with E-state index < -0.39 is 0 Å². The number of nitrogens with zero attached hydrogens (tertiary/aromatic N) is 3. The van der Waals surface area contributed by atoms with Gasteiger partial charge in [-0.15, -0.1) is 0 Å². The molecule has 0 saturated carbocycles. The van der Waals surface area contributed by atoms with Gasteiger partial charge in [0.25, 0.3) is 0 Å². The third kappa shape index (κ3) is 2.36. The van der Waals surface area contributed by atoms with E-state index in [9.17, 15) is 4.39 Å². The van der Waals surface area contributed by atoms with Crippen molar-refractivity contribution >= 4 is 22.1 Å². The van der Waals surface area contributed by atoms with Crippen molar-refractivity contribution < 1.29 is 9.13 Å². The summed E-state index contributed by atoms with van der Waals surface area (Å²) in [6.45, 7) is 6.04. The fourth-order valence-electron chi connectivity index (χ4n) is 3.42. The molecule has 1 N–H and O–H groups in total. The lowest BCUT2D eigenvalue weighted by Gasteiger charge is -2.11. The number of pyridine rings is 1. The van der Waals surface area contributed by atoms with Crippen LogP contribution in [0, 0.1) is 12.7 Å². The number of fused-ring (bicyclic) bond motifs is 2.